The molecule has 3 aliphatic rings. The van der Waals surface area contributed by atoms with Crippen molar-refractivity contribution in [3.8, 4) is 22.9 Å². The minimum absolute atomic E-state index is 0.0404. The van der Waals surface area contributed by atoms with Crippen LogP contribution >= 0.6 is 0 Å². The molecule has 2 aliphatic heterocycles. The average Bonchev–Trinajstić information content (AvgIpc) is 3.09. The molecule has 1 spiro atoms. The van der Waals surface area contributed by atoms with Crippen LogP contribution < -0.4 is 10.5 Å². The van der Waals surface area contributed by atoms with Crippen LogP contribution in [0.5, 0.6) is 5.75 Å². The molecule has 7 nitrogen and oxygen atoms in total. The zero-order chi connectivity index (χ0) is 20.2. The molecule has 1 fully saturated rings. The smallest absolute Gasteiger partial charge is 0.283 e. The van der Waals surface area contributed by atoms with Gasteiger partial charge in [-0.2, -0.15) is 5.26 Å². The highest BCUT2D eigenvalue weighted by Crippen LogP contribution is 2.53. The number of nitrogens with two attached hydrogens (primary N) is 1. The lowest BCUT2D eigenvalue weighted by Crippen LogP contribution is -2.51. The van der Waals surface area contributed by atoms with Crippen molar-refractivity contribution in [1.82, 2.24) is 4.98 Å². The standard InChI is InChI=1S/C21H19FN4O3/c22-17-6-19-16(5-14(17)12-3-11(7-23)8-25-9-12)21(10-28-20(24)26-21)15-2-1-13(27)4-18(15)29-19/h3,5-6,8-9,13,15,18,27H,1-2,4,10H2,(H2,24,26)/t13?,15-,18?,21?/m0/s1. The van der Waals surface area contributed by atoms with E-state index >= 15 is 4.39 Å². The van der Waals surface area contributed by atoms with E-state index in [9.17, 15) is 5.11 Å². The number of amidine groups is 1. The van der Waals surface area contributed by atoms with Crippen molar-refractivity contribution in [2.45, 2.75) is 37.0 Å². The number of rotatable bonds is 1. The molecule has 3 heterocycles. The third-order valence-electron chi connectivity index (χ3n) is 6.12. The molecule has 0 saturated heterocycles. The third-order valence-corrected chi connectivity index (χ3v) is 6.12. The molecule has 3 unspecified atom stereocenters. The normalized spacial score (nSPS) is 29.8. The topological polar surface area (TPSA) is 114 Å². The summed E-state index contributed by atoms with van der Waals surface area (Å²) >= 11 is 0. The zero-order valence-electron chi connectivity index (χ0n) is 15.5. The third kappa shape index (κ3) is 2.73. The molecule has 0 radical (unpaired) electrons. The number of fused-ring (bicyclic) bond motifs is 4. The van der Waals surface area contributed by atoms with Crippen LogP contribution in [-0.2, 0) is 10.3 Å². The molecule has 1 aromatic heterocycles. The summed E-state index contributed by atoms with van der Waals surface area (Å²) in [5, 5.41) is 19.2. The summed E-state index contributed by atoms with van der Waals surface area (Å²) in [6, 6.07) is 6.76. The Labute approximate surface area is 166 Å². The van der Waals surface area contributed by atoms with Crippen molar-refractivity contribution in [3.05, 3.63) is 47.5 Å². The first-order valence-electron chi connectivity index (χ1n) is 9.52. The maximum atomic E-state index is 15.0. The van der Waals surface area contributed by atoms with E-state index in [0.717, 1.165) is 0 Å². The molecule has 0 amide bonds. The number of pyridine rings is 1. The van der Waals surface area contributed by atoms with Crippen LogP contribution in [0.3, 0.4) is 0 Å². The Morgan fingerprint density at radius 3 is 2.90 bits per heavy atom. The van der Waals surface area contributed by atoms with Crippen LogP contribution in [0, 0.1) is 23.1 Å². The van der Waals surface area contributed by atoms with Crippen molar-refractivity contribution in [3.63, 3.8) is 0 Å². The highest BCUT2D eigenvalue weighted by Gasteiger charge is 2.55. The molecule has 5 rings (SSSR count). The lowest BCUT2D eigenvalue weighted by Gasteiger charge is -2.47. The van der Waals surface area contributed by atoms with E-state index in [0.29, 0.717) is 47.3 Å². The fourth-order valence-electron chi connectivity index (χ4n) is 4.78. The van der Waals surface area contributed by atoms with E-state index in [1.165, 1.54) is 18.5 Å². The quantitative estimate of drug-likeness (QED) is 0.767. The fourth-order valence-corrected chi connectivity index (χ4v) is 4.78. The van der Waals surface area contributed by atoms with Crippen LogP contribution in [0.2, 0.25) is 0 Å². The summed E-state index contributed by atoms with van der Waals surface area (Å²) in [7, 11) is 0. The zero-order valence-corrected chi connectivity index (χ0v) is 15.5. The Balaban J connectivity index is 1.69. The van der Waals surface area contributed by atoms with E-state index in [4.69, 9.17) is 20.5 Å². The van der Waals surface area contributed by atoms with Gasteiger partial charge in [0.1, 0.15) is 35.9 Å². The van der Waals surface area contributed by atoms with Gasteiger partial charge in [-0.15, -0.1) is 0 Å². The first kappa shape index (κ1) is 17.9. The predicted octanol–water partition coefficient (Wildman–Crippen LogP) is 2.22. The van der Waals surface area contributed by atoms with Crippen molar-refractivity contribution < 1.29 is 19.0 Å². The second-order valence-electron chi connectivity index (χ2n) is 7.79. The second kappa shape index (κ2) is 6.42. The molecule has 1 aliphatic carbocycles. The highest BCUT2D eigenvalue weighted by atomic mass is 19.1. The number of aliphatic hydroxyl groups excluding tert-OH is 1. The van der Waals surface area contributed by atoms with Gasteiger partial charge in [-0.3, -0.25) is 4.98 Å². The molecule has 1 saturated carbocycles. The Morgan fingerprint density at radius 2 is 2.14 bits per heavy atom. The van der Waals surface area contributed by atoms with Crippen LogP contribution in [0.1, 0.15) is 30.4 Å². The first-order chi connectivity index (χ1) is 14.0. The van der Waals surface area contributed by atoms with E-state index in [1.807, 2.05) is 6.07 Å². The van der Waals surface area contributed by atoms with Gasteiger partial charge in [0.2, 0.25) is 0 Å². The summed E-state index contributed by atoms with van der Waals surface area (Å²) in [6.45, 7) is 0.244. The number of aliphatic hydroxyl groups is 1. The largest absolute Gasteiger partial charge is 0.489 e. The minimum Gasteiger partial charge on any atom is -0.489 e. The van der Waals surface area contributed by atoms with Gasteiger partial charge in [0, 0.05) is 47.5 Å². The average molecular weight is 394 g/mol. The second-order valence-corrected chi connectivity index (χ2v) is 7.79. The maximum Gasteiger partial charge on any atom is 0.283 e. The number of nitrogens with zero attached hydrogens (tertiary/aromatic N) is 3. The summed E-state index contributed by atoms with van der Waals surface area (Å²) in [4.78, 5) is 8.69. The summed E-state index contributed by atoms with van der Waals surface area (Å²) in [5.74, 6) is -0.143. The number of hydrogen-bond acceptors (Lipinski definition) is 7. The molecule has 29 heavy (non-hydrogen) atoms. The summed E-state index contributed by atoms with van der Waals surface area (Å²) in [5.41, 5.74) is 6.95. The van der Waals surface area contributed by atoms with Gasteiger partial charge in [0.05, 0.1) is 11.7 Å². The lowest BCUT2D eigenvalue weighted by molar-refractivity contribution is -0.0362. The molecule has 4 atom stereocenters. The van der Waals surface area contributed by atoms with Gasteiger partial charge in [-0.05, 0) is 25.0 Å². The predicted molar refractivity (Wildman–Crippen MR) is 101 cm³/mol. The van der Waals surface area contributed by atoms with E-state index in [2.05, 4.69) is 9.98 Å². The van der Waals surface area contributed by atoms with Gasteiger partial charge >= 0.3 is 0 Å². The van der Waals surface area contributed by atoms with Crippen molar-refractivity contribution in [2.75, 3.05) is 6.61 Å². The molecule has 2 aromatic rings. The minimum atomic E-state index is -0.787. The number of aliphatic imine (C=N–C) groups is 1. The monoisotopic (exact) mass is 394 g/mol. The number of hydrogen-bond donors (Lipinski definition) is 2. The van der Waals surface area contributed by atoms with Gasteiger partial charge in [0.25, 0.3) is 6.02 Å². The van der Waals surface area contributed by atoms with Crippen LogP contribution in [0.25, 0.3) is 11.1 Å². The van der Waals surface area contributed by atoms with Gasteiger partial charge in [-0.25, -0.2) is 9.38 Å². The molecule has 0 bridgehead atoms. The summed E-state index contributed by atoms with van der Waals surface area (Å²) < 4.78 is 26.7. The number of halogens is 1. The molecule has 3 N–H and O–H groups in total. The number of aromatic nitrogens is 1. The Kier molecular flexibility index (Phi) is 3.96. The fraction of sp³-hybridized carbons (Fsp3) is 0.381. The van der Waals surface area contributed by atoms with Gasteiger partial charge in [-0.1, -0.05) is 0 Å². The molecular weight excluding hydrogens is 375 g/mol. The van der Waals surface area contributed by atoms with Crippen LogP contribution in [-0.4, -0.2) is 34.9 Å². The first-order valence-corrected chi connectivity index (χ1v) is 9.52. The van der Waals surface area contributed by atoms with Gasteiger partial charge < -0.3 is 20.3 Å². The number of ether oxygens (including phenoxy) is 2. The molecule has 1 aromatic carbocycles. The van der Waals surface area contributed by atoms with Crippen molar-refractivity contribution >= 4 is 6.02 Å². The number of benzene rings is 1. The number of nitriles is 1. The van der Waals surface area contributed by atoms with Gasteiger partial charge in [0.15, 0.2) is 0 Å². The Bertz CT molecular complexity index is 1070. The Morgan fingerprint density at radius 1 is 1.28 bits per heavy atom. The SMILES string of the molecule is N#Cc1cncc(-c2cc3c(cc2F)OC2CC(O)CC[C@@H]2C32COC(N)=N2)c1. The van der Waals surface area contributed by atoms with E-state index in [-0.39, 0.29) is 24.7 Å². The Hall–Kier alpha value is -3.18. The van der Waals surface area contributed by atoms with Crippen molar-refractivity contribution in [2.24, 2.45) is 16.6 Å². The van der Waals surface area contributed by atoms with Crippen molar-refractivity contribution in [1.29, 1.82) is 5.26 Å². The molecule has 148 valence electrons. The van der Waals surface area contributed by atoms with Crippen LogP contribution in [0.15, 0.2) is 35.6 Å². The molecule has 8 heteroatoms. The molecular formula is C21H19FN4O3. The summed E-state index contributed by atoms with van der Waals surface area (Å²) in [6.07, 6.45) is 3.99. The van der Waals surface area contributed by atoms with Crippen LogP contribution in [0.4, 0.5) is 4.39 Å². The van der Waals surface area contributed by atoms with E-state index < -0.39 is 17.5 Å². The lowest BCUT2D eigenvalue weighted by atomic mass is 9.67. The van der Waals surface area contributed by atoms with E-state index in [1.54, 1.807) is 12.1 Å². The highest BCUT2D eigenvalue weighted by molar-refractivity contribution is 5.75. The maximum absolute atomic E-state index is 15.0.